The van der Waals surface area contributed by atoms with Crippen molar-refractivity contribution >= 4 is 55.9 Å². The predicted octanol–water partition coefficient (Wildman–Crippen LogP) is 5.88. The van der Waals surface area contributed by atoms with Crippen molar-refractivity contribution in [1.82, 2.24) is 9.19 Å². The molecule has 4 rings (SSSR count). The van der Waals surface area contributed by atoms with E-state index in [9.17, 15) is 8.42 Å². The summed E-state index contributed by atoms with van der Waals surface area (Å²) in [7, 11) is -3.94. The number of rotatable bonds is 4. The smallest absolute Gasteiger partial charge is 0.199 e. The normalized spacial score (nSPS) is 11.8. The maximum absolute atomic E-state index is 13.0. The summed E-state index contributed by atoms with van der Waals surface area (Å²) < 4.78 is 27.1. The molecule has 0 N–H and O–H groups in total. The standard InChI is InChI=1S/C17H10Cl2N2O2S3/c18-11-3-6-17(12(19)10-11)26(22,23)21-13(7-8-20-21)14-4-5-16(25-14)15-2-1-9-24-15/h1-10H. The Kier molecular flexibility index (Phi) is 4.66. The molecule has 0 aliphatic carbocycles. The largest absolute Gasteiger partial charge is 0.285 e. The van der Waals surface area contributed by atoms with Gasteiger partial charge in [0.15, 0.2) is 0 Å². The molecule has 9 heteroatoms. The first-order valence-electron chi connectivity index (χ1n) is 7.35. The molecular weight excluding hydrogens is 431 g/mol. The number of aromatic nitrogens is 2. The maximum Gasteiger partial charge on any atom is 0.285 e. The highest BCUT2D eigenvalue weighted by Gasteiger charge is 2.25. The zero-order valence-corrected chi connectivity index (χ0v) is 16.9. The van der Waals surface area contributed by atoms with E-state index in [0.717, 1.165) is 18.7 Å². The summed E-state index contributed by atoms with van der Waals surface area (Å²) in [5.41, 5.74) is 0.490. The highest BCUT2D eigenvalue weighted by molar-refractivity contribution is 7.90. The Bertz CT molecular complexity index is 1180. The number of hydrogen-bond donors (Lipinski definition) is 0. The fraction of sp³-hybridized carbons (Fsp3) is 0. The quantitative estimate of drug-likeness (QED) is 0.397. The zero-order chi connectivity index (χ0) is 18.3. The first-order chi connectivity index (χ1) is 12.5. The molecule has 0 spiro atoms. The lowest BCUT2D eigenvalue weighted by Gasteiger charge is -2.09. The Morgan fingerprint density at radius 3 is 2.50 bits per heavy atom. The summed E-state index contributed by atoms with van der Waals surface area (Å²) in [5.74, 6) is 0. The maximum atomic E-state index is 13.0. The fourth-order valence-corrected chi connectivity index (χ4v) is 6.40. The molecule has 0 radical (unpaired) electrons. The molecule has 0 amide bonds. The van der Waals surface area contributed by atoms with E-state index in [1.165, 1.54) is 35.7 Å². The van der Waals surface area contributed by atoms with Gasteiger partial charge in [0.2, 0.25) is 0 Å². The molecule has 1 aromatic carbocycles. The molecule has 0 saturated heterocycles. The molecule has 0 bridgehead atoms. The summed E-state index contributed by atoms with van der Waals surface area (Å²) in [5, 5.41) is 6.46. The number of thiophene rings is 2. The van der Waals surface area contributed by atoms with Gasteiger partial charge in [0.25, 0.3) is 10.0 Å². The van der Waals surface area contributed by atoms with Crippen LogP contribution < -0.4 is 0 Å². The zero-order valence-electron chi connectivity index (χ0n) is 13.0. The minimum absolute atomic E-state index is 0.0384. The van der Waals surface area contributed by atoms with Gasteiger partial charge in [-0.2, -0.15) is 17.6 Å². The monoisotopic (exact) mass is 440 g/mol. The van der Waals surface area contributed by atoms with Crippen LogP contribution in [0.4, 0.5) is 0 Å². The minimum Gasteiger partial charge on any atom is -0.199 e. The van der Waals surface area contributed by atoms with E-state index in [1.807, 2.05) is 29.6 Å². The number of nitrogens with zero attached hydrogens (tertiary/aromatic N) is 2. The lowest BCUT2D eigenvalue weighted by Crippen LogP contribution is -2.16. The van der Waals surface area contributed by atoms with E-state index in [0.29, 0.717) is 10.7 Å². The summed E-state index contributed by atoms with van der Waals surface area (Å²) >= 11 is 15.1. The van der Waals surface area contributed by atoms with E-state index in [2.05, 4.69) is 5.10 Å². The Hall–Kier alpha value is -1.64. The summed E-state index contributed by atoms with van der Waals surface area (Å²) in [6.07, 6.45) is 1.46. The van der Waals surface area contributed by atoms with Gasteiger partial charge in [-0.1, -0.05) is 29.3 Å². The van der Waals surface area contributed by atoms with Crippen molar-refractivity contribution in [3.63, 3.8) is 0 Å². The van der Waals surface area contributed by atoms with Crippen LogP contribution in [0.5, 0.6) is 0 Å². The highest BCUT2D eigenvalue weighted by Crippen LogP contribution is 2.37. The topological polar surface area (TPSA) is 52.0 Å². The molecule has 0 saturated carbocycles. The number of benzene rings is 1. The average molecular weight is 441 g/mol. The second kappa shape index (κ2) is 6.83. The molecule has 26 heavy (non-hydrogen) atoms. The van der Waals surface area contributed by atoms with Crippen molar-refractivity contribution in [1.29, 1.82) is 0 Å². The van der Waals surface area contributed by atoms with Crippen LogP contribution in [0.25, 0.3) is 20.3 Å². The molecule has 0 aliphatic heterocycles. The number of halogens is 2. The van der Waals surface area contributed by atoms with Crippen molar-refractivity contribution < 1.29 is 8.42 Å². The van der Waals surface area contributed by atoms with Crippen molar-refractivity contribution in [2.75, 3.05) is 0 Å². The van der Waals surface area contributed by atoms with Crippen LogP contribution in [-0.2, 0) is 10.0 Å². The highest BCUT2D eigenvalue weighted by atomic mass is 35.5. The molecule has 3 heterocycles. The van der Waals surface area contributed by atoms with Gasteiger partial charge in [0.05, 0.1) is 21.8 Å². The Morgan fingerprint density at radius 1 is 0.962 bits per heavy atom. The molecule has 4 nitrogen and oxygen atoms in total. The second-order valence-corrected chi connectivity index (χ2v) is 9.89. The molecule has 0 atom stereocenters. The van der Waals surface area contributed by atoms with Gasteiger partial charge in [-0.05, 0) is 47.8 Å². The average Bonchev–Trinajstić information content (AvgIpc) is 3.34. The predicted molar refractivity (Wildman–Crippen MR) is 108 cm³/mol. The molecule has 0 fully saturated rings. The summed E-state index contributed by atoms with van der Waals surface area (Å²) in [6, 6.07) is 13.8. The van der Waals surface area contributed by atoms with Crippen LogP contribution in [-0.4, -0.2) is 17.6 Å². The molecule has 3 aromatic heterocycles. The van der Waals surface area contributed by atoms with Gasteiger partial charge in [0, 0.05) is 14.8 Å². The van der Waals surface area contributed by atoms with Crippen LogP contribution in [0.3, 0.4) is 0 Å². The lowest BCUT2D eigenvalue weighted by atomic mass is 10.3. The number of hydrogen-bond acceptors (Lipinski definition) is 5. The van der Waals surface area contributed by atoms with Gasteiger partial charge in [-0.25, -0.2) is 0 Å². The lowest BCUT2D eigenvalue weighted by molar-refractivity contribution is 0.581. The van der Waals surface area contributed by atoms with Crippen LogP contribution in [0.2, 0.25) is 10.0 Å². The Morgan fingerprint density at radius 2 is 1.77 bits per heavy atom. The van der Waals surface area contributed by atoms with Gasteiger partial charge < -0.3 is 0 Å². The van der Waals surface area contributed by atoms with E-state index in [1.54, 1.807) is 17.4 Å². The van der Waals surface area contributed by atoms with Crippen LogP contribution in [0.1, 0.15) is 0 Å². The summed E-state index contributed by atoms with van der Waals surface area (Å²) in [4.78, 5) is 2.98. The van der Waals surface area contributed by atoms with Crippen LogP contribution in [0, 0.1) is 0 Å². The van der Waals surface area contributed by atoms with E-state index >= 15 is 0 Å². The van der Waals surface area contributed by atoms with Crippen molar-refractivity contribution in [3.8, 4) is 20.3 Å². The van der Waals surface area contributed by atoms with Crippen molar-refractivity contribution in [2.45, 2.75) is 4.90 Å². The Balaban J connectivity index is 1.80. The third kappa shape index (κ3) is 3.10. The molecule has 0 unspecified atom stereocenters. The van der Waals surface area contributed by atoms with Crippen molar-refractivity contribution in [2.24, 2.45) is 0 Å². The third-order valence-corrected chi connectivity index (χ3v) is 8.12. The first-order valence-corrected chi connectivity index (χ1v) is 11.2. The second-order valence-electron chi connectivity index (χ2n) is 5.28. The molecule has 0 aliphatic rings. The van der Waals surface area contributed by atoms with Gasteiger partial charge >= 0.3 is 0 Å². The fourth-order valence-electron chi connectivity index (χ4n) is 2.46. The van der Waals surface area contributed by atoms with Crippen molar-refractivity contribution in [3.05, 3.63) is 70.2 Å². The third-order valence-electron chi connectivity index (χ3n) is 3.63. The van der Waals surface area contributed by atoms with E-state index < -0.39 is 10.0 Å². The summed E-state index contributed by atoms with van der Waals surface area (Å²) in [6.45, 7) is 0. The molecule has 132 valence electrons. The van der Waals surface area contributed by atoms with E-state index in [-0.39, 0.29) is 9.92 Å². The van der Waals surface area contributed by atoms with Crippen LogP contribution >= 0.6 is 45.9 Å². The first kappa shape index (κ1) is 17.8. The molecular formula is C17H10Cl2N2O2S3. The van der Waals surface area contributed by atoms with E-state index in [4.69, 9.17) is 23.2 Å². The molecule has 4 aromatic rings. The minimum atomic E-state index is -3.94. The van der Waals surface area contributed by atoms with Gasteiger partial charge in [-0.3, -0.25) is 0 Å². The Labute approximate surface area is 168 Å². The van der Waals surface area contributed by atoms with Crippen LogP contribution in [0.15, 0.2) is 65.0 Å². The van der Waals surface area contributed by atoms with Gasteiger partial charge in [0.1, 0.15) is 4.90 Å². The van der Waals surface area contributed by atoms with Gasteiger partial charge in [-0.15, -0.1) is 22.7 Å². The SMILES string of the molecule is O=S(=O)(c1ccc(Cl)cc1Cl)n1nccc1-c1ccc(-c2cccs2)s1.